The Balaban J connectivity index is 1.71. The molecule has 2 heteroatoms. The second-order valence-electron chi connectivity index (χ2n) is 5.73. The minimum Gasteiger partial charge on any atom is -0.493 e. The van der Waals surface area contributed by atoms with Crippen LogP contribution < -0.4 is 4.74 Å². The lowest BCUT2D eigenvalue weighted by atomic mass is 9.95. The van der Waals surface area contributed by atoms with Gasteiger partial charge in [-0.25, -0.2) is 0 Å². The van der Waals surface area contributed by atoms with Gasteiger partial charge in [0.25, 0.3) is 0 Å². The highest BCUT2D eigenvalue weighted by Crippen LogP contribution is 2.26. The van der Waals surface area contributed by atoms with Gasteiger partial charge in [0.2, 0.25) is 0 Å². The van der Waals surface area contributed by atoms with Crippen LogP contribution in [0.25, 0.3) is 0 Å². The van der Waals surface area contributed by atoms with E-state index in [-0.39, 0.29) is 5.78 Å². The molecule has 0 aromatic heterocycles. The molecule has 0 amide bonds. The molecular formula is C19H20O2. The van der Waals surface area contributed by atoms with Crippen molar-refractivity contribution in [2.24, 2.45) is 0 Å². The van der Waals surface area contributed by atoms with Gasteiger partial charge in [-0.3, -0.25) is 4.79 Å². The Morgan fingerprint density at radius 3 is 2.67 bits per heavy atom. The second kappa shape index (κ2) is 5.72. The first-order valence-corrected chi connectivity index (χ1v) is 7.49. The molecule has 1 heterocycles. The highest BCUT2D eigenvalue weighted by molar-refractivity contribution is 5.98. The molecular weight excluding hydrogens is 260 g/mol. The molecule has 2 nitrogen and oxygen atoms in total. The van der Waals surface area contributed by atoms with Gasteiger partial charge in [-0.1, -0.05) is 30.3 Å². The molecule has 0 saturated heterocycles. The van der Waals surface area contributed by atoms with Crippen LogP contribution in [0, 0.1) is 13.8 Å². The molecule has 0 N–H and O–H groups in total. The van der Waals surface area contributed by atoms with E-state index in [1.165, 1.54) is 11.1 Å². The van der Waals surface area contributed by atoms with Gasteiger partial charge in [0.15, 0.2) is 5.78 Å². The van der Waals surface area contributed by atoms with E-state index in [0.29, 0.717) is 6.42 Å². The number of benzene rings is 2. The average Bonchev–Trinajstić information content (AvgIpc) is 2.92. The minimum atomic E-state index is 0.238. The van der Waals surface area contributed by atoms with Crippen molar-refractivity contribution < 1.29 is 9.53 Å². The normalized spacial score (nSPS) is 12.9. The van der Waals surface area contributed by atoms with Crippen molar-refractivity contribution >= 4 is 5.78 Å². The zero-order valence-corrected chi connectivity index (χ0v) is 12.6. The third-order valence-corrected chi connectivity index (χ3v) is 4.15. The maximum atomic E-state index is 12.5. The van der Waals surface area contributed by atoms with Gasteiger partial charge >= 0.3 is 0 Å². The lowest BCUT2D eigenvalue weighted by Gasteiger charge is -2.09. The van der Waals surface area contributed by atoms with Crippen LogP contribution in [0.3, 0.4) is 0 Å². The van der Waals surface area contributed by atoms with Gasteiger partial charge < -0.3 is 4.74 Å². The maximum Gasteiger partial charge on any atom is 0.163 e. The smallest absolute Gasteiger partial charge is 0.163 e. The van der Waals surface area contributed by atoms with Crippen LogP contribution in [0.5, 0.6) is 5.75 Å². The van der Waals surface area contributed by atoms with Crippen molar-refractivity contribution in [1.29, 1.82) is 0 Å². The van der Waals surface area contributed by atoms with Gasteiger partial charge in [0.05, 0.1) is 6.61 Å². The monoisotopic (exact) mass is 280 g/mol. The summed E-state index contributed by atoms with van der Waals surface area (Å²) in [5.74, 6) is 1.24. The predicted octanol–water partition coefficient (Wildman–Crippen LogP) is 4.05. The molecule has 1 aliphatic rings. The van der Waals surface area contributed by atoms with Crippen LogP contribution in [0.4, 0.5) is 0 Å². The number of rotatable bonds is 4. The first-order valence-electron chi connectivity index (χ1n) is 7.49. The van der Waals surface area contributed by atoms with Crippen molar-refractivity contribution in [1.82, 2.24) is 0 Å². The van der Waals surface area contributed by atoms with Gasteiger partial charge in [-0.2, -0.15) is 0 Å². The van der Waals surface area contributed by atoms with E-state index in [4.69, 9.17) is 4.74 Å². The Kier molecular flexibility index (Phi) is 3.78. The third-order valence-electron chi connectivity index (χ3n) is 4.15. The Morgan fingerprint density at radius 1 is 1.14 bits per heavy atom. The zero-order valence-electron chi connectivity index (χ0n) is 12.6. The number of carbonyl (C=O) groups is 1. The summed E-state index contributed by atoms with van der Waals surface area (Å²) in [4.78, 5) is 12.5. The molecule has 0 aliphatic carbocycles. The van der Waals surface area contributed by atoms with Crippen LogP contribution >= 0.6 is 0 Å². The van der Waals surface area contributed by atoms with Crippen molar-refractivity contribution in [3.8, 4) is 5.75 Å². The van der Waals surface area contributed by atoms with E-state index in [1.807, 2.05) is 38.1 Å². The van der Waals surface area contributed by atoms with Crippen LogP contribution in [-0.2, 0) is 12.8 Å². The summed E-state index contributed by atoms with van der Waals surface area (Å²) in [6.45, 7) is 4.79. The molecule has 3 rings (SSSR count). The zero-order chi connectivity index (χ0) is 14.8. The lowest BCUT2D eigenvalue weighted by molar-refractivity contribution is 0.0981. The summed E-state index contributed by atoms with van der Waals surface area (Å²) in [6.07, 6.45) is 2.33. The summed E-state index contributed by atoms with van der Waals surface area (Å²) in [5.41, 5.74) is 5.53. The van der Waals surface area contributed by atoms with E-state index in [2.05, 4.69) is 12.1 Å². The van der Waals surface area contributed by atoms with Crippen LogP contribution in [0.1, 0.15) is 39.0 Å². The van der Waals surface area contributed by atoms with Crippen molar-refractivity contribution in [3.05, 3.63) is 64.2 Å². The first kappa shape index (κ1) is 13.9. The average molecular weight is 280 g/mol. The number of aryl methyl sites for hydroxylation is 3. The second-order valence-corrected chi connectivity index (χ2v) is 5.73. The fraction of sp³-hybridized carbons (Fsp3) is 0.316. The predicted molar refractivity (Wildman–Crippen MR) is 84.2 cm³/mol. The molecule has 0 saturated carbocycles. The molecule has 2 aromatic carbocycles. The maximum absolute atomic E-state index is 12.5. The number of fused-ring (bicyclic) bond motifs is 1. The van der Waals surface area contributed by atoms with Gasteiger partial charge in [0.1, 0.15) is 5.75 Å². The molecule has 0 unspecified atom stereocenters. The van der Waals surface area contributed by atoms with Crippen molar-refractivity contribution in [2.45, 2.75) is 33.1 Å². The summed E-state index contributed by atoms with van der Waals surface area (Å²) >= 11 is 0. The summed E-state index contributed by atoms with van der Waals surface area (Å²) < 4.78 is 5.51. The van der Waals surface area contributed by atoms with Crippen LogP contribution in [0.2, 0.25) is 0 Å². The Bertz CT molecular complexity index is 666. The van der Waals surface area contributed by atoms with Gasteiger partial charge in [-0.15, -0.1) is 0 Å². The number of carbonyl (C=O) groups excluding carboxylic acids is 1. The third kappa shape index (κ3) is 2.85. The molecule has 0 bridgehead atoms. The molecule has 1 aliphatic heterocycles. The molecule has 0 radical (unpaired) electrons. The molecule has 0 fully saturated rings. The van der Waals surface area contributed by atoms with Crippen molar-refractivity contribution in [2.75, 3.05) is 6.61 Å². The van der Waals surface area contributed by atoms with E-state index >= 15 is 0 Å². The Labute approximate surface area is 125 Å². The number of hydrogen-bond donors (Lipinski definition) is 0. The summed E-state index contributed by atoms with van der Waals surface area (Å²) in [6, 6.07) is 12.3. The quantitative estimate of drug-likeness (QED) is 0.790. The van der Waals surface area contributed by atoms with E-state index in [0.717, 1.165) is 41.9 Å². The molecule has 0 atom stereocenters. The summed E-state index contributed by atoms with van der Waals surface area (Å²) in [7, 11) is 0. The fourth-order valence-electron chi connectivity index (χ4n) is 3.03. The Morgan fingerprint density at radius 2 is 1.90 bits per heavy atom. The van der Waals surface area contributed by atoms with Crippen molar-refractivity contribution in [3.63, 3.8) is 0 Å². The standard InChI is InChI=1S/C19H20O2/c1-13-4-3-5-14(2)19(13)17(20)8-6-15-7-9-18-16(12-15)10-11-21-18/h3-5,7,9,12H,6,8,10-11H2,1-2H3. The van der Waals surface area contributed by atoms with Gasteiger partial charge in [-0.05, 0) is 48.6 Å². The largest absolute Gasteiger partial charge is 0.493 e. The number of ether oxygens (including phenoxy) is 1. The minimum absolute atomic E-state index is 0.238. The van der Waals surface area contributed by atoms with Crippen LogP contribution in [0.15, 0.2) is 36.4 Å². The highest BCUT2D eigenvalue weighted by atomic mass is 16.5. The number of hydrogen-bond acceptors (Lipinski definition) is 2. The van der Waals surface area contributed by atoms with E-state index in [1.54, 1.807) is 0 Å². The molecule has 0 spiro atoms. The summed E-state index contributed by atoms with van der Waals surface area (Å²) in [5, 5.41) is 0. The van der Waals surface area contributed by atoms with Crippen LogP contribution in [-0.4, -0.2) is 12.4 Å². The molecule has 108 valence electrons. The topological polar surface area (TPSA) is 26.3 Å². The van der Waals surface area contributed by atoms with E-state index < -0.39 is 0 Å². The van der Waals surface area contributed by atoms with Gasteiger partial charge in [0, 0.05) is 18.4 Å². The lowest BCUT2D eigenvalue weighted by Crippen LogP contribution is -2.06. The molecule has 21 heavy (non-hydrogen) atoms. The number of Topliss-reactive ketones (excluding diaryl/α,β-unsaturated/α-hetero) is 1. The highest BCUT2D eigenvalue weighted by Gasteiger charge is 2.14. The SMILES string of the molecule is Cc1cccc(C)c1C(=O)CCc1ccc2c(c1)CCO2. The first-order chi connectivity index (χ1) is 10.1. The van der Waals surface area contributed by atoms with E-state index in [9.17, 15) is 4.79 Å². The molecule has 2 aromatic rings. The fourth-order valence-corrected chi connectivity index (χ4v) is 3.03. The Hall–Kier alpha value is -2.09. The number of ketones is 1.